The SMILES string of the molecule is O=C1C2=C(SCC=C2)C(=O)N1CCN1CCC(c2onc3cc(F)ccc23)CC1. The predicted molar refractivity (Wildman–Crippen MR) is 108 cm³/mol. The maximum atomic E-state index is 13.4. The summed E-state index contributed by atoms with van der Waals surface area (Å²) in [7, 11) is 0. The van der Waals surface area contributed by atoms with E-state index in [1.54, 1.807) is 12.1 Å². The highest BCUT2D eigenvalue weighted by atomic mass is 32.2. The number of rotatable bonds is 4. The number of halogens is 1. The van der Waals surface area contributed by atoms with Gasteiger partial charge in [-0.25, -0.2) is 4.39 Å². The second kappa shape index (κ2) is 7.42. The summed E-state index contributed by atoms with van der Waals surface area (Å²) in [5.74, 6) is 1.15. The lowest BCUT2D eigenvalue weighted by Gasteiger charge is -2.31. The number of thioether (sulfide) groups is 1. The standard InChI is InChI=1S/C21H20FN3O3S/c22-14-3-4-15-17(12-14)23-28-18(15)13-5-7-24(8-6-13)9-10-25-20(26)16-2-1-11-29-19(16)21(25)27/h1-4,12-13H,5-11H2. The number of carbonyl (C=O) groups is 2. The van der Waals surface area contributed by atoms with Crippen LogP contribution in [0.5, 0.6) is 0 Å². The summed E-state index contributed by atoms with van der Waals surface area (Å²) in [6.45, 7) is 2.79. The molecule has 0 radical (unpaired) electrons. The molecule has 0 bridgehead atoms. The first kappa shape index (κ1) is 18.6. The Labute approximate surface area is 171 Å². The van der Waals surface area contributed by atoms with Crippen molar-refractivity contribution in [2.45, 2.75) is 18.8 Å². The lowest BCUT2D eigenvalue weighted by Crippen LogP contribution is -2.41. The van der Waals surface area contributed by atoms with Crippen LogP contribution in [-0.4, -0.2) is 58.7 Å². The van der Waals surface area contributed by atoms with Crippen LogP contribution in [0, 0.1) is 5.82 Å². The van der Waals surface area contributed by atoms with E-state index in [1.165, 1.54) is 28.8 Å². The Morgan fingerprint density at radius 3 is 2.79 bits per heavy atom. The molecule has 0 saturated carbocycles. The number of carbonyl (C=O) groups excluding carboxylic acids is 2. The molecule has 2 aromatic rings. The molecule has 3 aliphatic rings. The molecule has 1 fully saturated rings. The number of benzene rings is 1. The quantitative estimate of drug-likeness (QED) is 0.718. The highest BCUT2D eigenvalue weighted by molar-refractivity contribution is 8.04. The van der Waals surface area contributed by atoms with Crippen LogP contribution < -0.4 is 0 Å². The lowest BCUT2D eigenvalue weighted by atomic mass is 9.92. The first-order chi connectivity index (χ1) is 14.1. The Balaban J connectivity index is 1.18. The third-order valence-corrected chi connectivity index (χ3v) is 6.88. The second-order valence-electron chi connectivity index (χ2n) is 7.54. The molecule has 29 heavy (non-hydrogen) atoms. The lowest BCUT2D eigenvalue weighted by molar-refractivity contribution is -0.137. The second-order valence-corrected chi connectivity index (χ2v) is 8.57. The zero-order chi connectivity index (χ0) is 20.0. The summed E-state index contributed by atoms with van der Waals surface area (Å²) in [4.78, 5) is 29.2. The van der Waals surface area contributed by atoms with Gasteiger partial charge in [-0.1, -0.05) is 17.3 Å². The van der Waals surface area contributed by atoms with Crippen molar-refractivity contribution in [3.8, 4) is 0 Å². The molecule has 5 rings (SSSR count). The van der Waals surface area contributed by atoms with Crippen molar-refractivity contribution in [3.05, 3.63) is 52.4 Å². The van der Waals surface area contributed by atoms with E-state index < -0.39 is 0 Å². The minimum Gasteiger partial charge on any atom is -0.360 e. The Bertz CT molecular complexity index is 1050. The van der Waals surface area contributed by atoms with Crippen molar-refractivity contribution < 1.29 is 18.5 Å². The van der Waals surface area contributed by atoms with Crippen LogP contribution in [-0.2, 0) is 9.59 Å². The molecule has 8 heteroatoms. The predicted octanol–water partition coefficient (Wildman–Crippen LogP) is 3.07. The molecule has 1 aromatic heterocycles. The number of fused-ring (bicyclic) bond motifs is 1. The van der Waals surface area contributed by atoms with Gasteiger partial charge >= 0.3 is 0 Å². The first-order valence-corrected chi connectivity index (χ1v) is 10.8. The van der Waals surface area contributed by atoms with Gasteiger partial charge in [-0.2, -0.15) is 0 Å². The molecule has 1 aromatic carbocycles. The third-order valence-electron chi connectivity index (χ3n) is 5.83. The zero-order valence-corrected chi connectivity index (χ0v) is 16.6. The third kappa shape index (κ3) is 3.30. The molecular weight excluding hydrogens is 393 g/mol. The number of amides is 2. The average molecular weight is 413 g/mol. The summed E-state index contributed by atoms with van der Waals surface area (Å²) in [6.07, 6.45) is 5.49. The minimum absolute atomic E-state index is 0.158. The van der Waals surface area contributed by atoms with Crippen molar-refractivity contribution in [1.29, 1.82) is 0 Å². The van der Waals surface area contributed by atoms with E-state index in [1.807, 2.05) is 6.08 Å². The molecule has 2 amide bonds. The van der Waals surface area contributed by atoms with Crippen molar-refractivity contribution in [2.24, 2.45) is 0 Å². The molecule has 0 spiro atoms. The largest absolute Gasteiger partial charge is 0.360 e. The van der Waals surface area contributed by atoms with Crippen molar-refractivity contribution in [2.75, 3.05) is 31.9 Å². The first-order valence-electron chi connectivity index (χ1n) is 9.79. The fourth-order valence-electron chi connectivity index (χ4n) is 4.25. The maximum absolute atomic E-state index is 13.4. The van der Waals surface area contributed by atoms with Crippen molar-refractivity contribution >= 4 is 34.5 Å². The number of hydrogen-bond acceptors (Lipinski definition) is 6. The van der Waals surface area contributed by atoms with Crippen LogP contribution in [0.15, 0.2) is 45.4 Å². The van der Waals surface area contributed by atoms with Crippen LogP contribution in [0.4, 0.5) is 4.39 Å². The van der Waals surface area contributed by atoms with Crippen LogP contribution >= 0.6 is 11.8 Å². The Hall–Kier alpha value is -2.45. The Kier molecular flexibility index (Phi) is 4.75. The van der Waals surface area contributed by atoms with E-state index in [0.29, 0.717) is 29.1 Å². The average Bonchev–Trinajstić information content (AvgIpc) is 3.26. The Morgan fingerprint density at radius 2 is 2.00 bits per heavy atom. The fraction of sp³-hybridized carbons (Fsp3) is 0.381. The van der Waals surface area contributed by atoms with Crippen LogP contribution in [0.25, 0.3) is 10.9 Å². The molecule has 150 valence electrons. The van der Waals surface area contributed by atoms with E-state index in [0.717, 1.165) is 42.8 Å². The number of hydrogen-bond donors (Lipinski definition) is 0. The highest BCUT2D eigenvalue weighted by Crippen LogP contribution is 2.35. The smallest absolute Gasteiger partial charge is 0.268 e. The van der Waals surface area contributed by atoms with E-state index >= 15 is 0 Å². The molecule has 1 saturated heterocycles. The molecule has 0 N–H and O–H groups in total. The van der Waals surface area contributed by atoms with Crippen LogP contribution in [0.2, 0.25) is 0 Å². The maximum Gasteiger partial charge on any atom is 0.268 e. The molecular formula is C21H20FN3O3S. The molecule has 4 heterocycles. The van der Waals surface area contributed by atoms with Gasteiger partial charge in [-0.05, 0) is 38.1 Å². The molecule has 0 aliphatic carbocycles. The van der Waals surface area contributed by atoms with Crippen molar-refractivity contribution in [1.82, 2.24) is 15.0 Å². The summed E-state index contributed by atoms with van der Waals surface area (Å²) in [5.41, 5.74) is 1.09. The summed E-state index contributed by atoms with van der Waals surface area (Å²) >= 11 is 1.44. The van der Waals surface area contributed by atoms with E-state index in [-0.39, 0.29) is 23.5 Å². The molecule has 3 aliphatic heterocycles. The summed E-state index contributed by atoms with van der Waals surface area (Å²) < 4.78 is 18.9. The summed E-state index contributed by atoms with van der Waals surface area (Å²) in [5, 5.41) is 4.87. The van der Waals surface area contributed by atoms with Gasteiger partial charge in [0.05, 0.1) is 10.5 Å². The molecule has 6 nitrogen and oxygen atoms in total. The Morgan fingerprint density at radius 1 is 1.17 bits per heavy atom. The molecule has 0 unspecified atom stereocenters. The number of imide groups is 1. The van der Waals surface area contributed by atoms with Gasteiger partial charge in [0.1, 0.15) is 17.1 Å². The van der Waals surface area contributed by atoms with Gasteiger partial charge in [0.2, 0.25) is 0 Å². The van der Waals surface area contributed by atoms with Gasteiger partial charge < -0.3 is 9.42 Å². The number of aromatic nitrogens is 1. The molecule has 0 atom stereocenters. The van der Waals surface area contributed by atoms with Crippen LogP contribution in [0.3, 0.4) is 0 Å². The van der Waals surface area contributed by atoms with E-state index in [2.05, 4.69) is 10.1 Å². The van der Waals surface area contributed by atoms with E-state index in [9.17, 15) is 14.0 Å². The monoisotopic (exact) mass is 413 g/mol. The minimum atomic E-state index is -0.316. The normalized spacial score (nSPS) is 20.9. The number of likely N-dealkylation sites (tertiary alicyclic amines) is 1. The van der Waals surface area contributed by atoms with Gasteiger partial charge in [0.15, 0.2) is 0 Å². The van der Waals surface area contributed by atoms with Gasteiger partial charge in [-0.15, -0.1) is 11.8 Å². The van der Waals surface area contributed by atoms with Crippen LogP contribution in [0.1, 0.15) is 24.5 Å². The highest BCUT2D eigenvalue weighted by Gasteiger charge is 2.38. The number of piperidine rings is 1. The fourth-order valence-corrected chi connectivity index (χ4v) is 5.15. The van der Waals surface area contributed by atoms with Crippen molar-refractivity contribution in [3.63, 3.8) is 0 Å². The topological polar surface area (TPSA) is 66.7 Å². The van der Waals surface area contributed by atoms with E-state index in [4.69, 9.17) is 4.52 Å². The summed E-state index contributed by atoms with van der Waals surface area (Å²) in [6, 6.07) is 4.56. The van der Waals surface area contributed by atoms with Gasteiger partial charge in [0, 0.05) is 36.2 Å². The van der Waals surface area contributed by atoms with Gasteiger partial charge in [-0.3, -0.25) is 14.5 Å². The number of nitrogens with zero attached hydrogens (tertiary/aromatic N) is 3. The zero-order valence-electron chi connectivity index (χ0n) is 15.8. The van der Waals surface area contributed by atoms with Gasteiger partial charge in [0.25, 0.3) is 11.8 Å².